The third-order valence-electron chi connectivity index (χ3n) is 2.94. The quantitative estimate of drug-likeness (QED) is 0.752. The molecule has 0 aliphatic heterocycles. The molecule has 0 N–H and O–H groups in total. The van der Waals surface area contributed by atoms with Crippen molar-refractivity contribution in [1.82, 2.24) is 4.98 Å². The van der Waals surface area contributed by atoms with Crippen molar-refractivity contribution in [3.63, 3.8) is 0 Å². The van der Waals surface area contributed by atoms with Crippen molar-refractivity contribution in [3.8, 4) is 0 Å². The molecule has 1 rings (SSSR count). The molecule has 2 unspecified atom stereocenters. The Kier molecular flexibility index (Phi) is 3.78. The first kappa shape index (κ1) is 11.6. The van der Waals surface area contributed by atoms with Crippen LogP contribution in [0.2, 0.25) is 0 Å². The van der Waals surface area contributed by atoms with Crippen LogP contribution >= 0.6 is 0 Å². The molecule has 2 atom stereocenters. The molecule has 2 heteroatoms. The standard InChI is InChI=1S/C13H17NO/c1-5-13-7-6-12(8-14-13)10(3)9(2)11(4)15/h5-10H,1H2,2-4H3. The highest BCUT2D eigenvalue weighted by Gasteiger charge is 2.18. The summed E-state index contributed by atoms with van der Waals surface area (Å²) in [6.45, 7) is 9.29. The zero-order valence-corrected chi connectivity index (χ0v) is 9.53. The maximum absolute atomic E-state index is 11.2. The van der Waals surface area contributed by atoms with Gasteiger partial charge in [-0.2, -0.15) is 0 Å². The van der Waals surface area contributed by atoms with Gasteiger partial charge in [-0.3, -0.25) is 9.78 Å². The van der Waals surface area contributed by atoms with Gasteiger partial charge in [0.15, 0.2) is 0 Å². The third kappa shape index (κ3) is 2.75. The van der Waals surface area contributed by atoms with Gasteiger partial charge >= 0.3 is 0 Å². The first-order valence-corrected chi connectivity index (χ1v) is 5.15. The summed E-state index contributed by atoms with van der Waals surface area (Å²) in [5, 5.41) is 0. The minimum Gasteiger partial charge on any atom is -0.300 e. The van der Waals surface area contributed by atoms with Crippen LogP contribution in [-0.4, -0.2) is 10.8 Å². The zero-order valence-electron chi connectivity index (χ0n) is 9.53. The summed E-state index contributed by atoms with van der Waals surface area (Å²) in [6.07, 6.45) is 3.53. The van der Waals surface area contributed by atoms with Crippen LogP contribution in [0.4, 0.5) is 0 Å². The molecule has 0 aliphatic carbocycles. The number of nitrogens with zero attached hydrogens (tertiary/aromatic N) is 1. The third-order valence-corrected chi connectivity index (χ3v) is 2.94. The van der Waals surface area contributed by atoms with Crippen LogP contribution in [0.3, 0.4) is 0 Å². The van der Waals surface area contributed by atoms with E-state index >= 15 is 0 Å². The summed E-state index contributed by atoms with van der Waals surface area (Å²) in [4.78, 5) is 15.5. The number of rotatable bonds is 4. The van der Waals surface area contributed by atoms with E-state index < -0.39 is 0 Å². The van der Waals surface area contributed by atoms with Crippen molar-refractivity contribution < 1.29 is 4.79 Å². The Morgan fingerprint density at radius 1 is 1.47 bits per heavy atom. The van der Waals surface area contributed by atoms with Crippen LogP contribution in [0.25, 0.3) is 6.08 Å². The van der Waals surface area contributed by atoms with Crippen LogP contribution in [0.15, 0.2) is 24.9 Å². The van der Waals surface area contributed by atoms with E-state index in [9.17, 15) is 4.79 Å². The number of pyridine rings is 1. The average molecular weight is 203 g/mol. The SMILES string of the molecule is C=Cc1ccc(C(C)C(C)C(C)=O)cn1. The fourth-order valence-electron chi connectivity index (χ4n) is 1.45. The van der Waals surface area contributed by atoms with E-state index in [1.807, 2.05) is 25.3 Å². The molecule has 0 fully saturated rings. The lowest BCUT2D eigenvalue weighted by atomic mass is 9.87. The molecule has 0 amide bonds. The Morgan fingerprint density at radius 2 is 2.13 bits per heavy atom. The second kappa shape index (κ2) is 4.87. The summed E-state index contributed by atoms with van der Waals surface area (Å²) in [5.74, 6) is 0.477. The summed E-state index contributed by atoms with van der Waals surface area (Å²) >= 11 is 0. The topological polar surface area (TPSA) is 30.0 Å². The minimum atomic E-state index is 0.0429. The van der Waals surface area contributed by atoms with Gasteiger partial charge < -0.3 is 0 Å². The molecular weight excluding hydrogens is 186 g/mol. The number of hydrogen-bond donors (Lipinski definition) is 0. The van der Waals surface area contributed by atoms with Crippen LogP contribution in [0, 0.1) is 5.92 Å². The Labute approximate surface area is 91.0 Å². The lowest BCUT2D eigenvalue weighted by Crippen LogP contribution is -2.14. The van der Waals surface area contributed by atoms with Crippen molar-refractivity contribution in [2.75, 3.05) is 0 Å². The predicted molar refractivity (Wildman–Crippen MR) is 62.6 cm³/mol. The van der Waals surface area contributed by atoms with Crippen LogP contribution < -0.4 is 0 Å². The molecule has 1 aromatic heterocycles. The second-order valence-electron chi connectivity index (χ2n) is 3.91. The molecule has 1 heterocycles. The first-order valence-electron chi connectivity index (χ1n) is 5.15. The molecule has 0 radical (unpaired) electrons. The zero-order chi connectivity index (χ0) is 11.4. The number of ketones is 1. The Morgan fingerprint density at radius 3 is 2.53 bits per heavy atom. The van der Waals surface area contributed by atoms with Crippen molar-refractivity contribution >= 4 is 11.9 Å². The molecule has 2 nitrogen and oxygen atoms in total. The Balaban J connectivity index is 2.86. The van der Waals surface area contributed by atoms with E-state index in [1.54, 1.807) is 13.0 Å². The summed E-state index contributed by atoms with van der Waals surface area (Å²) in [6, 6.07) is 3.93. The molecule has 80 valence electrons. The second-order valence-corrected chi connectivity index (χ2v) is 3.91. The van der Waals surface area contributed by atoms with Gasteiger partial charge in [0.05, 0.1) is 5.69 Å². The van der Waals surface area contributed by atoms with E-state index in [1.165, 1.54) is 0 Å². The molecule has 0 bridgehead atoms. The summed E-state index contributed by atoms with van der Waals surface area (Å²) in [5.41, 5.74) is 1.96. The highest BCUT2D eigenvalue weighted by molar-refractivity contribution is 5.78. The van der Waals surface area contributed by atoms with E-state index in [0.29, 0.717) is 0 Å². The lowest BCUT2D eigenvalue weighted by Gasteiger charge is -2.17. The van der Waals surface area contributed by atoms with Gasteiger partial charge in [0.2, 0.25) is 0 Å². The lowest BCUT2D eigenvalue weighted by molar-refractivity contribution is -0.120. The number of Topliss-reactive ketones (excluding diaryl/α,β-unsaturated/α-hetero) is 1. The normalized spacial score (nSPS) is 14.3. The van der Waals surface area contributed by atoms with Crippen LogP contribution in [0.1, 0.15) is 37.9 Å². The highest BCUT2D eigenvalue weighted by Crippen LogP contribution is 2.24. The maximum Gasteiger partial charge on any atom is 0.133 e. The van der Waals surface area contributed by atoms with E-state index in [4.69, 9.17) is 0 Å². The highest BCUT2D eigenvalue weighted by atomic mass is 16.1. The minimum absolute atomic E-state index is 0.0429. The fraction of sp³-hybridized carbons (Fsp3) is 0.385. The number of aromatic nitrogens is 1. The largest absolute Gasteiger partial charge is 0.300 e. The van der Waals surface area contributed by atoms with Gasteiger partial charge in [-0.15, -0.1) is 0 Å². The van der Waals surface area contributed by atoms with Gasteiger partial charge in [0.1, 0.15) is 5.78 Å². The van der Waals surface area contributed by atoms with Gasteiger partial charge in [0, 0.05) is 12.1 Å². The Bertz CT molecular complexity index is 353. The van der Waals surface area contributed by atoms with E-state index in [-0.39, 0.29) is 17.6 Å². The van der Waals surface area contributed by atoms with Crippen molar-refractivity contribution in [2.24, 2.45) is 5.92 Å². The van der Waals surface area contributed by atoms with E-state index in [2.05, 4.69) is 18.5 Å². The molecule has 0 aliphatic rings. The molecule has 0 spiro atoms. The summed E-state index contributed by atoms with van der Waals surface area (Å²) in [7, 11) is 0. The van der Waals surface area contributed by atoms with Crippen molar-refractivity contribution in [3.05, 3.63) is 36.2 Å². The number of carbonyl (C=O) groups excluding carboxylic acids is 1. The molecule has 15 heavy (non-hydrogen) atoms. The molecule has 0 aromatic carbocycles. The molecule has 1 aromatic rings. The van der Waals surface area contributed by atoms with Gasteiger partial charge in [-0.05, 0) is 30.5 Å². The Hall–Kier alpha value is -1.44. The number of carbonyl (C=O) groups is 1. The van der Waals surface area contributed by atoms with Gasteiger partial charge in [0.25, 0.3) is 0 Å². The van der Waals surface area contributed by atoms with Gasteiger partial charge in [-0.25, -0.2) is 0 Å². The fourth-order valence-corrected chi connectivity index (χ4v) is 1.45. The smallest absolute Gasteiger partial charge is 0.133 e. The van der Waals surface area contributed by atoms with E-state index in [0.717, 1.165) is 11.3 Å². The van der Waals surface area contributed by atoms with Crippen molar-refractivity contribution in [1.29, 1.82) is 0 Å². The molecule has 0 saturated carbocycles. The molecule has 0 saturated heterocycles. The van der Waals surface area contributed by atoms with Crippen LogP contribution in [-0.2, 0) is 4.79 Å². The first-order chi connectivity index (χ1) is 7.06. The van der Waals surface area contributed by atoms with Crippen molar-refractivity contribution in [2.45, 2.75) is 26.7 Å². The monoisotopic (exact) mass is 203 g/mol. The number of hydrogen-bond acceptors (Lipinski definition) is 2. The molecular formula is C13H17NO. The van der Waals surface area contributed by atoms with Gasteiger partial charge in [-0.1, -0.05) is 26.5 Å². The predicted octanol–water partition coefficient (Wildman–Crippen LogP) is 3.05. The summed E-state index contributed by atoms with van der Waals surface area (Å²) < 4.78 is 0. The maximum atomic E-state index is 11.2. The van der Waals surface area contributed by atoms with Crippen LogP contribution in [0.5, 0.6) is 0 Å². The average Bonchev–Trinajstić information content (AvgIpc) is 2.27.